The SMILES string of the molecule is COc1ccc2ccccc2c1C=NNC(=O)COc1c(C)cc(Br)cc1Br. The van der Waals surface area contributed by atoms with Crippen molar-refractivity contribution in [2.45, 2.75) is 6.92 Å². The third kappa shape index (κ3) is 4.72. The first-order valence-corrected chi connectivity index (χ1v) is 10.0. The van der Waals surface area contributed by atoms with Gasteiger partial charge in [0.25, 0.3) is 5.91 Å². The van der Waals surface area contributed by atoms with Gasteiger partial charge < -0.3 is 9.47 Å². The standard InChI is InChI=1S/C21H18Br2N2O3/c1-13-9-15(22)10-18(23)21(13)28-12-20(26)25-24-11-17-16-6-4-3-5-14(16)7-8-19(17)27-2/h3-11H,12H2,1-2H3,(H,25,26). The number of aryl methyl sites for hydroxylation is 1. The van der Waals surface area contributed by atoms with Crippen LogP contribution in [0, 0.1) is 6.92 Å². The van der Waals surface area contributed by atoms with Crippen molar-refractivity contribution in [2.24, 2.45) is 5.10 Å². The lowest BCUT2D eigenvalue weighted by Crippen LogP contribution is -2.24. The number of halogens is 2. The van der Waals surface area contributed by atoms with Crippen LogP contribution in [0.3, 0.4) is 0 Å². The Hall–Kier alpha value is -2.38. The van der Waals surface area contributed by atoms with Gasteiger partial charge in [0.15, 0.2) is 6.61 Å². The molecule has 0 atom stereocenters. The van der Waals surface area contributed by atoms with Crippen molar-refractivity contribution in [3.05, 3.63) is 68.6 Å². The summed E-state index contributed by atoms with van der Waals surface area (Å²) in [5.41, 5.74) is 4.21. The van der Waals surface area contributed by atoms with E-state index in [0.29, 0.717) is 11.5 Å². The number of carbonyl (C=O) groups excluding carboxylic acids is 1. The number of methoxy groups -OCH3 is 1. The van der Waals surface area contributed by atoms with Crippen molar-refractivity contribution in [1.82, 2.24) is 5.43 Å². The summed E-state index contributed by atoms with van der Waals surface area (Å²) in [4.78, 5) is 12.1. The first kappa shape index (κ1) is 20.4. The van der Waals surface area contributed by atoms with Crippen molar-refractivity contribution in [3.63, 3.8) is 0 Å². The lowest BCUT2D eigenvalue weighted by Gasteiger charge is -2.11. The highest BCUT2D eigenvalue weighted by molar-refractivity contribution is 9.11. The van der Waals surface area contributed by atoms with E-state index in [9.17, 15) is 4.79 Å². The van der Waals surface area contributed by atoms with Crippen molar-refractivity contribution in [3.8, 4) is 11.5 Å². The maximum absolute atomic E-state index is 12.1. The number of hydrogen-bond acceptors (Lipinski definition) is 4. The molecule has 0 spiro atoms. The van der Waals surface area contributed by atoms with Gasteiger partial charge in [0, 0.05) is 10.0 Å². The molecule has 3 rings (SSSR count). The predicted molar refractivity (Wildman–Crippen MR) is 118 cm³/mol. The number of hydrazone groups is 1. The van der Waals surface area contributed by atoms with E-state index in [1.54, 1.807) is 13.3 Å². The van der Waals surface area contributed by atoms with E-state index in [-0.39, 0.29) is 12.5 Å². The van der Waals surface area contributed by atoms with Gasteiger partial charge in [0.2, 0.25) is 0 Å². The monoisotopic (exact) mass is 504 g/mol. The fourth-order valence-corrected chi connectivity index (χ4v) is 4.35. The van der Waals surface area contributed by atoms with Crippen molar-refractivity contribution >= 4 is 54.8 Å². The molecule has 1 N–H and O–H groups in total. The molecule has 3 aromatic carbocycles. The Bertz CT molecular complexity index is 1030. The first-order chi connectivity index (χ1) is 13.5. The third-order valence-corrected chi connectivity index (χ3v) is 5.12. The number of nitrogens with zero attached hydrogens (tertiary/aromatic N) is 1. The van der Waals surface area contributed by atoms with Gasteiger partial charge in [-0.05, 0) is 57.4 Å². The molecular weight excluding hydrogens is 488 g/mol. The fraction of sp³-hybridized carbons (Fsp3) is 0.143. The Morgan fingerprint density at radius 2 is 1.96 bits per heavy atom. The molecule has 28 heavy (non-hydrogen) atoms. The molecule has 0 bridgehead atoms. The minimum Gasteiger partial charge on any atom is -0.496 e. The molecule has 0 fully saturated rings. The lowest BCUT2D eigenvalue weighted by atomic mass is 10.0. The summed E-state index contributed by atoms with van der Waals surface area (Å²) in [5, 5.41) is 6.12. The first-order valence-electron chi connectivity index (χ1n) is 8.45. The summed E-state index contributed by atoms with van der Waals surface area (Å²) in [6.07, 6.45) is 1.58. The van der Waals surface area contributed by atoms with E-state index in [4.69, 9.17) is 9.47 Å². The molecule has 0 radical (unpaired) electrons. The van der Waals surface area contributed by atoms with Crippen LogP contribution in [0.5, 0.6) is 11.5 Å². The van der Waals surface area contributed by atoms with E-state index in [2.05, 4.69) is 42.4 Å². The second-order valence-corrected chi connectivity index (χ2v) is 7.79. The zero-order valence-corrected chi connectivity index (χ0v) is 18.5. The van der Waals surface area contributed by atoms with Gasteiger partial charge in [-0.1, -0.05) is 46.3 Å². The van der Waals surface area contributed by atoms with Gasteiger partial charge in [0.1, 0.15) is 11.5 Å². The second-order valence-electron chi connectivity index (χ2n) is 6.02. The molecular formula is C21H18Br2N2O3. The summed E-state index contributed by atoms with van der Waals surface area (Å²) < 4.78 is 12.7. The maximum Gasteiger partial charge on any atom is 0.277 e. The number of ether oxygens (including phenoxy) is 2. The summed E-state index contributed by atoms with van der Waals surface area (Å²) in [6.45, 7) is 1.76. The quantitative estimate of drug-likeness (QED) is 0.369. The van der Waals surface area contributed by atoms with Crippen molar-refractivity contribution in [2.75, 3.05) is 13.7 Å². The number of nitrogens with one attached hydrogen (secondary N) is 1. The highest BCUT2D eigenvalue weighted by Crippen LogP contribution is 2.32. The number of rotatable bonds is 6. The van der Waals surface area contributed by atoms with Crippen LogP contribution in [-0.4, -0.2) is 25.8 Å². The minimum absolute atomic E-state index is 0.148. The molecule has 0 aliphatic rings. The summed E-state index contributed by atoms with van der Waals surface area (Å²) in [5.74, 6) is 0.949. The molecule has 0 saturated carbocycles. The van der Waals surface area contributed by atoms with Crippen LogP contribution in [0.4, 0.5) is 0 Å². The Morgan fingerprint density at radius 1 is 1.18 bits per heavy atom. The van der Waals surface area contributed by atoms with Crippen molar-refractivity contribution in [1.29, 1.82) is 0 Å². The van der Waals surface area contributed by atoms with E-state index >= 15 is 0 Å². The van der Waals surface area contributed by atoms with Crippen LogP contribution in [-0.2, 0) is 4.79 Å². The van der Waals surface area contributed by atoms with Gasteiger partial charge in [-0.2, -0.15) is 5.10 Å². The maximum atomic E-state index is 12.1. The fourth-order valence-electron chi connectivity index (χ4n) is 2.80. The number of benzene rings is 3. The van der Waals surface area contributed by atoms with Gasteiger partial charge >= 0.3 is 0 Å². The van der Waals surface area contributed by atoms with Crippen LogP contribution in [0.15, 0.2) is 62.6 Å². The molecule has 7 heteroatoms. The van der Waals surface area contributed by atoms with Gasteiger partial charge in [-0.25, -0.2) is 5.43 Å². The topological polar surface area (TPSA) is 59.9 Å². The molecule has 0 heterocycles. The zero-order chi connectivity index (χ0) is 20.1. The highest BCUT2D eigenvalue weighted by atomic mass is 79.9. The molecule has 0 unspecified atom stereocenters. The zero-order valence-electron chi connectivity index (χ0n) is 15.3. The normalized spacial score (nSPS) is 11.0. The largest absolute Gasteiger partial charge is 0.496 e. The third-order valence-electron chi connectivity index (χ3n) is 4.08. The van der Waals surface area contributed by atoms with E-state index < -0.39 is 0 Å². The lowest BCUT2D eigenvalue weighted by molar-refractivity contribution is -0.123. The Labute approximate surface area is 180 Å². The Morgan fingerprint density at radius 3 is 2.71 bits per heavy atom. The van der Waals surface area contributed by atoms with E-state index in [1.165, 1.54) is 0 Å². The van der Waals surface area contributed by atoms with E-state index in [1.807, 2.05) is 55.5 Å². The molecule has 0 saturated heterocycles. The molecule has 0 aliphatic carbocycles. The average Bonchev–Trinajstić information content (AvgIpc) is 2.67. The van der Waals surface area contributed by atoms with Gasteiger partial charge in [-0.15, -0.1) is 0 Å². The van der Waals surface area contributed by atoms with Gasteiger partial charge in [0.05, 0.1) is 17.8 Å². The Balaban J connectivity index is 1.68. The van der Waals surface area contributed by atoms with Crippen LogP contribution < -0.4 is 14.9 Å². The molecule has 3 aromatic rings. The number of amides is 1. The number of fused-ring (bicyclic) bond motifs is 1. The van der Waals surface area contributed by atoms with E-state index in [0.717, 1.165) is 30.8 Å². The summed E-state index contributed by atoms with van der Waals surface area (Å²) in [7, 11) is 1.60. The molecule has 0 aliphatic heterocycles. The van der Waals surface area contributed by atoms with Gasteiger partial charge in [-0.3, -0.25) is 4.79 Å². The van der Waals surface area contributed by atoms with Crippen LogP contribution in [0.25, 0.3) is 10.8 Å². The smallest absolute Gasteiger partial charge is 0.277 e. The summed E-state index contributed by atoms with van der Waals surface area (Å²) in [6, 6.07) is 15.6. The predicted octanol–water partition coefficient (Wildman–Crippen LogP) is 5.21. The molecule has 0 aromatic heterocycles. The highest BCUT2D eigenvalue weighted by Gasteiger charge is 2.10. The van der Waals surface area contributed by atoms with Crippen LogP contribution in [0.1, 0.15) is 11.1 Å². The molecule has 1 amide bonds. The van der Waals surface area contributed by atoms with Crippen LogP contribution >= 0.6 is 31.9 Å². The summed E-state index contributed by atoms with van der Waals surface area (Å²) >= 11 is 6.86. The molecule has 144 valence electrons. The Kier molecular flexibility index (Phi) is 6.70. The minimum atomic E-state index is -0.357. The van der Waals surface area contributed by atoms with Crippen LogP contribution in [0.2, 0.25) is 0 Å². The second kappa shape index (κ2) is 9.21. The average molecular weight is 506 g/mol. The van der Waals surface area contributed by atoms with Crippen molar-refractivity contribution < 1.29 is 14.3 Å². The number of carbonyl (C=O) groups is 1. The molecule has 5 nitrogen and oxygen atoms in total. The number of hydrogen-bond donors (Lipinski definition) is 1.